The Hall–Kier alpha value is -1.51. The lowest BCUT2D eigenvalue weighted by molar-refractivity contribution is -0.120. The summed E-state index contributed by atoms with van der Waals surface area (Å²) in [4.78, 5) is 10.9. The smallest absolute Gasteiger partial charge is 0.219 e. The number of para-hydroxylation sites is 1. The van der Waals surface area contributed by atoms with Crippen LogP contribution >= 0.6 is 0 Å². The molecular weight excluding hydrogens is 176 g/mol. The molecule has 1 aromatic carbocycles. The van der Waals surface area contributed by atoms with Crippen LogP contribution in [0.3, 0.4) is 0 Å². The lowest BCUT2D eigenvalue weighted by Gasteiger charge is -2.06. The summed E-state index contributed by atoms with van der Waals surface area (Å²) >= 11 is 0. The van der Waals surface area contributed by atoms with Crippen molar-refractivity contribution in [3.05, 3.63) is 30.3 Å². The van der Waals surface area contributed by atoms with Gasteiger partial charge in [-0.15, -0.1) is 0 Å². The molecule has 0 spiro atoms. The SMILES string of the molecule is CCC(=O)NCCNc1ccccc1. The van der Waals surface area contributed by atoms with Gasteiger partial charge in [-0.25, -0.2) is 0 Å². The highest BCUT2D eigenvalue weighted by atomic mass is 16.1. The molecule has 2 N–H and O–H groups in total. The Bertz CT molecular complexity index is 272. The molecule has 0 aliphatic carbocycles. The molecule has 0 saturated heterocycles. The average molecular weight is 192 g/mol. The maximum absolute atomic E-state index is 10.9. The van der Waals surface area contributed by atoms with E-state index < -0.39 is 0 Å². The Labute approximate surface area is 84.5 Å². The number of hydrogen-bond acceptors (Lipinski definition) is 2. The van der Waals surface area contributed by atoms with Gasteiger partial charge in [-0.1, -0.05) is 25.1 Å². The van der Waals surface area contributed by atoms with Crippen LogP contribution in [-0.2, 0) is 4.79 Å². The monoisotopic (exact) mass is 192 g/mol. The summed E-state index contributed by atoms with van der Waals surface area (Å²) in [6.07, 6.45) is 0.547. The lowest BCUT2D eigenvalue weighted by atomic mass is 10.3. The molecule has 0 aromatic heterocycles. The third-order valence-corrected chi connectivity index (χ3v) is 1.87. The van der Waals surface area contributed by atoms with E-state index in [4.69, 9.17) is 0 Å². The van der Waals surface area contributed by atoms with Crippen molar-refractivity contribution in [3.8, 4) is 0 Å². The summed E-state index contributed by atoms with van der Waals surface area (Å²) in [7, 11) is 0. The predicted molar refractivity (Wildman–Crippen MR) is 58.2 cm³/mol. The van der Waals surface area contributed by atoms with E-state index in [-0.39, 0.29) is 5.91 Å². The second-order valence-corrected chi connectivity index (χ2v) is 3.00. The highest BCUT2D eigenvalue weighted by Gasteiger charge is 1.94. The Balaban J connectivity index is 2.13. The average Bonchev–Trinajstić information content (AvgIpc) is 2.25. The topological polar surface area (TPSA) is 41.1 Å². The fraction of sp³-hybridized carbons (Fsp3) is 0.364. The van der Waals surface area contributed by atoms with Crippen molar-refractivity contribution in [1.82, 2.24) is 5.32 Å². The summed E-state index contributed by atoms with van der Waals surface area (Å²) in [5.74, 6) is 0.0971. The number of hydrogen-bond donors (Lipinski definition) is 2. The number of nitrogens with one attached hydrogen (secondary N) is 2. The summed E-state index contributed by atoms with van der Waals surface area (Å²) in [6.45, 7) is 3.28. The zero-order chi connectivity index (χ0) is 10.2. The fourth-order valence-corrected chi connectivity index (χ4v) is 1.09. The summed E-state index contributed by atoms with van der Waals surface area (Å²) < 4.78 is 0. The van der Waals surface area contributed by atoms with Crippen LogP contribution in [0.5, 0.6) is 0 Å². The van der Waals surface area contributed by atoms with Crippen LogP contribution in [-0.4, -0.2) is 19.0 Å². The van der Waals surface area contributed by atoms with E-state index in [2.05, 4.69) is 10.6 Å². The van der Waals surface area contributed by atoms with E-state index in [9.17, 15) is 4.79 Å². The first-order chi connectivity index (χ1) is 6.83. The Morgan fingerprint density at radius 2 is 1.93 bits per heavy atom. The van der Waals surface area contributed by atoms with Crippen LogP contribution in [0.2, 0.25) is 0 Å². The first kappa shape index (κ1) is 10.6. The molecule has 0 aliphatic heterocycles. The third-order valence-electron chi connectivity index (χ3n) is 1.87. The van der Waals surface area contributed by atoms with E-state index in [1.165, 1.54) is 0 Å². The van der Waals surface area contributed by atoms with E-state index in [1.807, 2.05) is 37.3 Å². The van der Waals surface area contributed by atoms with Crippen LogP contribution in [0, 0.1) is 0 Å². The maximum atomic E-state index is 10.9. The van der Waals surface area contributed by atoms with Gasteiger partial charge < -0.3 is 10.6 Å². The van der Waals surface area contributed by atoms with Gasteiger partial charge in [0.05, 0.1) is 0 Å². The summed E-state index contributed by atoms with van der Waals surface area (Å²) in [5.41, 5.74) is 1.08. The number of carbonyl (C=O) groups is 1. The van der Waals surface area contributed by atoms with Crippen LogP contribution in [0.1, 0.15) is 13.3 Å². The normalized spacial score (nSPS) is 9.50. The summed E-state index contributed by atoms with van der Waals surface area (Å²) in [5, 5.41) is 6.01. The minimum absolute atomic E-state index is 0.0971. The minimum atomic E-state index is 0.0971. The van der Waals surface area contributed by atoms with E-state index in [0.29, 0.717) is 13.0 Å². The molecule has 0 heterocycles. The Kier molecular flexibility index (Phi) is 4.55. The number of anilines is 1. The molecule has 1 amide bonds. The standard InChI is InChI=1S/C11H16N2O/c1-2-11(14)13-9-8-12-10-6-4-3-5-7-10/h3-7,12H,2,8-9H2,1H3,(H,13,14). The van der Waals surface area contributed by atoms with Crippen LogP contribution in [0.4, 0.5) is 5.69 Å². The molecule has 0 fully saturated rings. The van der Waals surface area contributed by atoms with Crippen LogP contribution in [0.25, 0.3) is 0 Å². The van der Waals surface area contributed by atoms with Crippen molar-refractivity contribution in [2.24, 2.45) is 0 Å². The van der Waals surface area contributed by atoms with E-state index in [0.717, 1.165) is 12.2 Å². The quantitative estimate of drug-likeness (QED) is 0.696. The van der Waals surface area contributed by atoms with Crippen molar-refractivity contribution < 1.29 is 4.79 Å². The van der Waals surface area contributed by atoms with Gasteiger partial charge in [0.15, 0.2) is 0 Å². The minimum Gasteiger partial charge on any atom is -0.383 e. The van der Waals surface area contributed by atoms with Crippen LogP contribution < -0.4 is 10.6 Å². The van der Waals surface area contributed by atoms with Crippen molar-refractivity contribution in [2.75, 3.05) is 18.4 Å². The molecule has 76 valence electrons. The molecule has 0 radical (unpaired) electrons. The van der Waals surface area contributed by atoms with Gasteiger partial charge in [-0.2, -0.15) is 0 Å². The highest BCUT2D eigenvalue weighted by molar-refractivity contribution is 5.75. The molecule has 3 nitrogen and oxygen atoms in total. The zero-order valence-electron chi connectivity index (χ0n) is 8.42. The molecule has 0 aliphatic rings. The molecule has 0 saturated carbocycles. The zero-order valence-corrected chi connectivity index (χ0v) is 8.42. The second-order valence-electron chi connectivity index (χ2n) is 3.00. The second kappa shape index (κ2) is 6.02. The van der Waals surface area contributed by atoms with E-state index >= 15 is 0 Å². The Morgan fingerprint density at radius 1 is 1.21 bits per heavy atom. The first-order valence-electron chi connectivity index (χ1n) is 4.88. The van der Waals surface area contributed by atoms with Crippen molar-refractivity contribution in [1.29, 1.82) is 0 Å². The van der Waals surface area contributed by atoms with Crippen molar-refractivity contribution in [2.45, 2.75) is 13.3 Å². The first-order valence-corrected chi connectivity index (χ1v) is 4.88. The third kappa shape index (κ3) is 3.94. The number of amides is 1. The number of benzene rings is 1. The van der Waals surface area contributed by atoms with Gasteiger partial charge in [-0.3, -0.25) is 4.79 Å². The largest absolute Gasteiger partial charge is 0.383 e. The molecule has 1 aromatic rings. The molecule has 0 unspecified atom stereocenters. The van der Waals surface area contributed by atoms with E-state index in [1.54, 1.807) is 0 Å². The predicted octanol–water partition coefficient (Wildman–Crippen LogP) is 1.62. The highest BCUT2D eigenvalue weighted by Crippen LogP contribution is 2.03. The van der Waals surface area contributed by atoms with Gasteiger partial charge in [0.2, 0.25) is 5.91 Å². The molecule has 14 heavy (non-hydrogen) atoms. The van der Waals surface area contributed by atoms with Crippen molar-refractivity contribution in [3.63, 3.8) is 0 Å². The maximum Gasteiger partial charge on any atom is 0.219 e. The molecule has 3 heteroatoms. The van der Waals surface area contributed by atoms with Crippen LogP contribution in [0.15, 0.2) is 30.3 Å². The van der Waals surface area contributed by atoms with Gasteiger partial charge in [-0.05, 0) is 12.1 Å². The number of carbonyl (C=O) groups excluding carboxylic acids is 1. The molecule has 0 bridgehead atoms. The summed E-state index contributed by atoms with van der Waals surface area (Å²) in [6, 6.07) is 9.94. The Morgan fingerprint density at radius 3 is 2.57 bits per heavy atom. The van der Waals surface area contributed by atoms with Gasteiger partial charge in [0, 0.05) is 25.2 Å². The molecular formula is C11H16N2O. The molecule has 0 atom stereocenters. The fourth-order valence-electron chi connectivity index (χ4n) is 1.09. The van der Waals surface area contributed by atoms with Gasteiger partial charge in [0.1, 0.15) is 0 Å². The lowest BCUT2D eigenvalue weighted by Crippen LogP contribution is -2.27. The number of rotatable bonds is 5. The van der Waals surface area contributed by atoms with Gasteiger partial charge >= 0.3 is 0 Å². The van der Waals surface area contributed by atoms with Gasteiger partial charge in [0.25, 0.3) is 0 Å². The molecule has 1 rings (SSSR count). The van der Waals surface area contributed by atoms with Crippen molar-refractivity contribution >= 4 is 11.6 Å².